The summed E-state index contributed by atoms with van der Waals surface area (Å²) in [4.78, 5) is 30.8. The molecule has 1 aliphatic rings. The van der Waals surface area contributed by atoms with Gasteiger partial charge in [-0.3, -0.25) is 14.2 Å². The highest BCUT2D eigenvalue weighted by Gasteiger charge is 2.31. The van der Waals surface area contributed by atoms with Gasteiger partial charge in [-0.1, -0.05) is 30.3 Å². The molecule has 0 aliphatic carbocycles. The van der Waals surface area contributed by atoms with E-state index in [1.807, 2.05) is 36.4 Å². The third-order valence-corrected chi connectivity index (χ3v) is 3.60. The number of benzene rings is 2. The SMILES string of the molecule is O=C1Cn2c(nc3ccccc3c2=O)N1c1ccccc1. The number of amides is 1. The molecule has 2 aromatic carbocycles. The minimum absolute atomic E-state index is 0.0287. The molecule has 0 spiro atoms. The van der Waals surface area contributed by atoms with Crippen LogP contribution in [0.2, 0.25) is 0 Å². The molecule has 2 heterocycles. The van der Waals surface area contributed by atoms with Crippen molar-refractivity contribution in [3.8, 4) is 0 Å². The van der Waals surface area contributed by atoms with Gasteiger partial charge in [0.05, 0.1) is 16.6 Å². The number of carbonyl (C=O) groups is 1. The maximum absolute atomic E-state index is 12.5. The van der Waals surface area contributed by atoms with Crippen LogP contribution >= 0.6 is 0 Å². The average molecular weight is 277 g/mol. The molecule has 0 saturated heterocycles. The largest absolute Gasteiger partial charge is 0.272 e. The van der Waals surface area contributed by atoms with Crippen molar-refractivity contribution in [1.29, 1.82) is 0 Å². The van der Waals surface area contributed by atoms with Crippen molar-refractivity contribution in [3.05, 3.63) is 65.0 Å². The van der Waals surface area contributed by atoms with Gasteiger partial charge < -0.3 is 0 Å². The van der Waals surface area contributed by atoms with Crippen molar-refractivity contribution in [1.82, 2.24) is 9.55 Å². The summed E-state index contributed by atoms with van der Waals surface area (Å²) in [5.41, 5.74) is 1.14. The monoisotopic (exact) mass is 277 g/mol. The Kier molecular flexibility index (Phi) is 2.41. The molecule has 21 heavy (non-hydrogen) atoms. The van der Waals surface area contributed by atoms with Crippen molar-refractivity contribution in [2.24, 2.45) is 0 Å². The highest BCUT2D eigenvalue weighted by atomic mass is 16.2. The van der Waals surface area contributed by atoms with E-state index in [0.717, 1.165) is 5.69 Å². The fourth-order valence-electron chi connectivity index (χ4n) is 2.62. The topological polar surface area (TPSA) is 55.2 Å². The van der Waals surface area contributed by atoms with Gasteiger partial charge in [-0.05, 0) is 24.3 Å². The third-order valence-electron chi connectivity index (χ3n) is 3.60. The smallest absolute Gasteiger partial charge is 0.263 e. The number of rotatable bonds is 1. The van der Waals surface area contributed by atoms with Crippen molar-refractivity contribution in [3.63, 3.8) is 0 Å². The van der Waals surface area contributed by atoms with Crippen molar-refractivity contribution in [2.75, 3.05) is 4.90 Å². The molecule has 1 amide bonds. The Bertz CT molecular complexity index is 916. The molecular weight excluding hydrogens is 266 g/mol. The first-order chi connectivity index (χ1) is 10.3. The van der Waals surface area contributed by atoms with Gasteiger partial charge in [-0.2, -0.15) is 0 Å². The highest BCUT2D eigenvalue weighted by molar-refractivity contribution is 6.02. The number of aromatic nitrogens is 2. The fourth-order valence-corrected chi connectivity index (χ4v) is 2.62. The van der Waals surface area contributed by atoms with Crippen LogP contribution in [0.5, 0.6) is 0 Å². The molecule has 5 nitrogen and oxygen atoms in total. The van der Waals surface area contributed by atoms with Crippen LogP contribution in [0.15, 0.2) is 59.4 Å². The molecule has 102 valence electrons. The molecular formula is C16H11N3O2. The van der Waals surface area contributed by atoms with E-state index in [1.54, 1.807) is 18.2 Å². The van der Waals surface area contributed by atoms with Gasteiger partial charge >= 0.3 is 0 Å². The second-order valence-electron chi connectivity index (χ2n) is 4.88. The van der Waals surface area contributed by atoms with Crippen molar-refractivity contribution < 1.29 is 4.79 Å². The van der Waals surface area contributed by atoms with Gasteiger partial charge in [0.1, 0.15) is 6.54 Å². The molecule has 0 bridgehead atoms. The number of nitrogens with zero attached hydrogens (tertiary/aromatic N) is 3. The summed E-state index contributed by atoms with van der Waals surface area (Å²) in [6.07, 6.45) is 0. The molecule has 1 aliphatic heterocycles. The van der Waals surface area contributed by atoms with E-state index >= 15 is 0 Å². The van der Waals surface area contributed by atoms with E-state index in [4.69, 9.17) is 0 Å². The zero-order chi connectivity index (χ0) is 14.4. The number of fused-ring (bicyclic) bond motifs is 2. The minimum atomic E-state index is -0.178. The van der Waals surface area contributed by atoms with E-state index in [2.05, 4.69) is 4.98 Å². The molecule has 0 atom stereocenters. The first-order valence-electron chi connectivity index (χ1n) is 6.63. The number of hydrogen-bond acceptors (Lipinski definition) is 3. The summed E-state index contributed by atoms with van der Waals surface area (Å²) in [5, 5.41) is 0.531. The van der Waals surface area contributed by atoms with Crippen LogP contribution in [0.3, 0.4) is 0 Å². The lowest BCUT2D eigenvalue weighted by molar-refractivity contribution is -0.117. The maximum Gasteiger partial charge on any atom is 0.263 e. The lowest BCUT2D eigenvalue weighted by Crippen LogP contribution is -2.21. The van der Waals surface area contributed by atoms with Crippen LogP contribution in [-0.4, -0.2) is 15.5 Å². The van der Waals surface area contributed by atoms with Gasteiger partial charge in [0.15, 0.2) is 0 Å². The Hall–Kier alpha value is -2.95. The summed E-state index contributed by atoms with van der Waals surface area (Å²) in [5.74, 6) is 0.232. The zero-order valence-electron chi connectivity index (χ0n) is 11.1. The first-order valence-corrected chi connectivity index (χ1v) is 6.63. The molecule has 1 aromatic heterocycles. The van der Waals surface area contributed by atoms with Crippen LogP contribution in [0.25, 0.3) is 10.9 Å². The van der Waals surface area contributed by atoms with Crippen LogP contribution < -0.4 is 10.5 Å². The van der Waals surface area contributed by atoms with Crippen LogP contribution in [0, 0.1) is 0 Å². The minimum Gasteiger partial charge on any atom is -0.272 e. The fraction of sp³-hybridized carbons (Fsp3) is 0.0625. The normalized spacial score (nSPS) is 13.7. The number of hydrogen-bond donors (Lipinski definition) is 0. The van der Waals surface area contributed by atoms with Crippen LogP contribution in [0.1, 0.15) is 0 Å². The predicted molar refractivity (Wildman–Crippen MR) is 79.6 cm³/mol. The summed E-state index contributed by atoms with van der Waals surface area (Å²) < 4.78 is 1.43. The van der Waals surface area contributed by atoms with E-state index in [9.17, 15) is 9.59 Å². The predicted octanol–water partition coefficient (Wildman–Crippen LogP) is 2.07. The molecule has 0 radical (unpaired) electrons. The zero-order valence-corrected chi connectivity index (χ0v) is 11.1. The summed E-state index contributed by atoms with van der Waals surface area (Å²) >= 11 is 0. The van der Waals surface area contributed by atoms with Crippen LogP contribution in [-0.2, 0) is 11.3 Å². The molecule has 5 heteroatoms. The molecule has 0 N–H and O–H groups in total. The van der Waals surface area contributed by atoms with Crippen molar-refractivity contribution >= 4 is 28.4 Å². The van der Waals surface area contributed by atoms with E-state index in [-0.39, 0.29) is 18.0 Å². The van der Waals surface area contributed by atoms with E-state index < -0.39 is 0 Å². The molecule has 3 aromatic rings. The van der Waals surface area contributed by atoms with Gasteiger partial charge in [-0.25, -0.2) is 9.88 Å². The Balaban J connectivity index is 2.01. The summed E-state index contributed by atoms with van der Waals surface area (Å²) in [6.45, 7) is 0.0287. The summed E-state index contributed by atoms with van der Waals surface area (Å²) in [7, 11) is 0. The third kappa shape index (κ3) is 1.67. The van der Waals surface area contributed by atoms with Gasteiger partial charge in [0.25, 0.3) is 11.5 Å². The molecule has 0 saturated carbocycles. The average Bonchev–Trinajstić information content (AvgIpc) is 2.85. The lowest BCUT2D eigenvalue weighted by Gasteiger charge is -2.15. The van der Waals surface area contributed by atoms with Gasteiger partial charge in [0, 0.05) is 0 Å². The second-order valence-corrected chi connectivity index (χ2v) is 4.88. The quantitative estimate of drug-likeness (QED) is 0.684. The number of para-hydroxylation sites is 2. The molecule has 0 fully saturated rings. The highest BCUT2D eigenvalue weighted by Crippen LogP contribution is 2.28. The van der Waals surface area contributed by atoms with E-state index in [0.29, 0.717) is 16.9 Å². The molecule has 0 unspecified atom stereocenters. The van der Waals surface area contributed by atoms with E-state index in [1.165, 1.54) is 9.47 Å². The van der Waals surface area contributed by atoms with Crippen LogP contribution in [0.4, 0.5) is 11.6 Å². The Labute approximate surface area is 120 Å². The maximum atomic E-state index is 12.5. The van der Waals surface area contributed by atoms with Crippen molar-refractivity contribution in [2.45, 2.75) is 6.54 Å². The molecule has 4 rings (SSSR count). The Morgan fingerprint density at radius 1 is 0.905 bits per heavy atom. The number of anilines is 2. The number of carbonyl (C=O) groups excluding carboxylic acids is 1. The second kappa shape index (κ2) is 4.28. The van der Waals surface area contributed by atoms with Gasteiger partial charge in [-0.15, -0.1) is 0 Å². The standard InChI is InChI=1S/C16H11N3O2/c20-14-10-18-15(21)12-8-4-5-9-13(12)17-16(18)19(14)11-6-2-1-3-7-11/h1-9H,10H2. The first kappa shape index (κ1) is 11.8. The summed E-state index contributed by atoms with van der Waals surface area (Å²) in [6, 6.07) is 16.4. The lowest BCUT2D eigenvalue weighted by atomic mass is 10.2. The van der Waals surface area contributed by atoms with Gasteiger partial charge in [0.2, 0.25) is 5.95 Å². The Morgan fingerprint density at radius 3 is 2.43 bits per heavy atom. The Morgan fingerprint density at radius 2 is 1.62 bits per heavy atom.